The highest BCUT2D eigenvalue weighted by Gasteiger charge is 2.32. The summed E-state index contributed by atoms with van der Waals surface area (Å²) in [6.45, 7) is 0.507. The van der Waals surface area contributed by atoms with Gasteiger partial charge in [-0.25, -0.2) is 0 Å². The quantitative estimate of drug-likeness (QED) is 0.834. The molecule has 18 heavy (non-hydrogen) atoms. The van der Waals surface area contributed by atoms with Gasteiger partial charge in [-0.05, 0) is 34.5 Å². The maximum atomic E-state index is 12.1. The zero-order chi connectivity index (χ0) is 13.3. The number of amides is 1. The van der Waals surface area contributed by atoms with Crippen LogP contribution in [0.4, 0.5) is 18.9 Å². The molecule has 0 bridgehead atoms. The van der Waals surface area contributed by atoms with Gasteiger partial charge in [-0.2, -0.15) is 0 Å². The van der Waals surface area contributed by atoms with Crippen molar-refractivity contribution in [2.75, 3.05) is 11.4 Å². The summed E-state index contributed by atoms with van der Waals surface area (Å²) in [6.07, 6.45) is -3.62. The first kappa shape index (κ1) is 13.2. The van der Waals surface area contributed by atoms with Crippen LogP contribution in [0.2, 0.25) is 0 Å². The minimum Gasteiger partial charge on any atom is -0.406 e. The van der Waals surface area contributed by atoms with Crippen molar-refractivity contribution < 1.29 is 22.7 Å². The number of anilines is 1. The van der Waals surface area contributed by atoms with Crippen molar-refractivity contribution in [3.8, 4) is 5.75 Å². The van der Waals surface area contributed by atoms with Gasteiger partial charge in [0.25, 0.3) is 0 Å². The number of ether oxygens (including phenoxy) is 1. The number of hydrogen-bond acceptors (Lipinski definition) is 2. The molecule has 1 heterocycles. The molecule has 1 aromatic carbocycles. The lowest BCUT2D eigenvalue weighted by Gasteiger charge is -2.19. The van der Waals surface area contributed by atoms with Gasteiger partial charge in [0.15, 0.2) is 0 Å². The van der Waals surface area contributed by atoms with E-state index in [4.69, 9.17) is 0 Å². The first-order chi connectivity index (χ1) is 8.37. The van der Waals surface area contributed by atoms with Gasteiger partial charge in [-0.15, -0.1) is 13.2 Å². The molecule has 1 aliphatic heterocycles. The van der Waals surface area contributed by atoms with Crippen molar-refractivity contribution in [1.29, 1.82) is 0 Å². The molecule has 0 unspecified atom stereocenters. The third-order valence-corrected chi connectivity index (χ3v) is 3.19. The van der Waals surface area contributed by atoms with Crippen LogP contribution in [0, 0.1) is 0 Å². The third-order valence-electron chi connectivity index (χ3n) is 2.52. The molecule has 1 fully saturated rings. The number of rotatable bonds is 2. The summed E-state index contributed by atoms with van der Waals surface area (Å²) in [5.74, 6) is -0.430. The van der Waals surface area contributed by atoms with E-state index in [2.05, 4.69) is 20.7 Å². The Morgan fingerprint density at radius 2 is 2.06 bits per heavy atom. The summed E-state index contributed by atoms with van der Waals surface area (Å²) in [6, 6.07) is 3.84. The molecule has 0 atom stereocenters. The molecular formula is C11H9BrF3NO2. The monoisotopic (exact) mass is 323 g/mol. The van der Waals surface area contributed by atoms with E-state index in [0.29, 0.717) is 29.5 Å². The Kier molecular flexibility index (Phi) is 3.52. The number of alkyl halides is 3. The molecule has 98 valence electrons. The molecule has 0 spiro atoms. The van der Waals surface area contributed by atoms with Crippen LogP contribution in [-0.4, -0.2) is 18.8 Å². The first-order valence-corrected chi connectivity index (χ1v) is 6.02. The molecule has 1 aromatic rings. The Morgan fingerprint density at radius 1 is 1.33 bits per heavy atom. The lowest BCUT2D eigenvalue weighted by Crippen LogP contribution is -2.24. The molecule has 0 radical (unpaired) electrons. The van der Waals surface area contributed by atoms with Crippen molar-refractivity contribution in [2.24, 2.45) is 0 Å². The molecule has 3 nitrogen and oxygen atoms in total. The van der Waals surface area contributed by atoms with E-state index < -0.39 is 6.36 Å². The maximum Gasteiger partial charge on any atom is 0.573 e. The molecule has 0 aromatic heterocycles. The predicted octanol–water partition coefficient (Wildman–Crippen LogP) is 3.47. The van der Waals surface area contributed by atoms with E-state index in [0.717, 1.165) is 0 Å². The van der Waals surface area contributed by atoms with Gasteiger partial charge in [0, 0.05) is 23.5 Å². The highest BCUT2D eigenvalue weighted by atomic mass is 79.9. The van der Waals surface area contributed by atoms with Crippen molar-refractivity contribution in [2.45, 2.75) is 19.2 Å². The van der Waals surface area contributed by atoms with Crippen LogP contribution >= 0.6 is 15.9 Å². The lowest BCUT2D eigenvalue weighted by atomic mass is 10.3. The van der Waals surface area contributed by atoms with Gasteiger partial charge < -0.3 is 9.64 Å². The first-order valence-electron chi connectivity index (χ1n) is 5.22. The van der Waals surface area contributed by atoms with Gasteiger partial charge in [-0.1, -0.05) is 0 Å². The third kappa shape index (κ3) is 2.95. The topological polar surface area (TPSA) is 29.5 Å². The van der Waals surface area contributed by atoms with Crippen molar-refractivity contribution in [3.63, 3.8) is 0 Å². The number of hydrogen-bond donors (Lipinski definition) is 0. The fourth-order valence-corrected chi connectivity index (χ4v) is 2.26. The molecule has 0 aliphatic carbocycles. The zero-order valence-electron chi connectivity index (χ0n) is 9.13. The van der Waals surface area contributed by atoms with Gasteiger partial charge in [0.05, 0.1) is 5.69 Å². The summed E-state index contributed by atoms with van der Waals surface area (Å²) in [7, 11) is 0. The SMILES string of the molecule is O=C1CCCN1c1cc(OC(F)(F)F)ccc1Br. The standard InChI is InChI=1S/C11H9BrF3NO2/c12-8-4-3-7(18-11(13,14)15)6-9(8)16-5-1-2-10(16)17/h3-4,6H,1-2,5H2. The Morgan fingerprint density at radius 3 is 2.61 bits per heavy atom. The van der Waals surface area contributed by atoms with Crippen LogP contribution in [0.1, 0.15) is 12.8 Å². The fourth-order valence-electron chi connectivity index (χ4n) is 1.80. The van der Waals surface area contributed by atoms with Crippen LogP contribution in [0.15, 0.2) is 22.7 Å². The lowest BCUT2D eigenvalue weighted by molar-refractivity contribution is -0.274. The average molecular weight is 324 g/mol. The van der Waals surface area contributed by atoms with E-state index in [9.17, 15) is 18.0 Å². The van der Waals surface area contributed by atoms with Gasteiger partial charge in [0.1, 0.15) is 5.75 Å². The highest BCUT2D eigenvalue weighted by Crippen LogP contribution is 2.34. The van der Waals surface area contributed by atoms with E-state index in [1.807, 2.05) is 0 Å². The molecular weight excluding hydrogens is 315 g/mol. The largest absolute Gasteiger partial charge is 0.573 e. The van der Waals surface area contributed by atoms with E-state index in [-0.39, 0.29) is 11.7 Å². The van der Waals surface area contributed by atoms with E-state index in [1.54, 1.807) is 0 Å². The second-order valence-corrected chi connectivity index (χ2v) is 4.66. The number of carbonyl (C=O) groups is 1. The summed E-state index contributed by atoms with van der Waals surface area (Å²) < 4.78 is 40.7. The van der Waals surface area contributed by atoms with Gasteiger partial charge in [-0.3, -0.25) is 4.79 Å². The summed E-state index contributed by atoms with van der Waals surface area (Å²) in [5, 5.41) is 0. The Hall–Kier alpha value is -1.24. The average Bonchev–Trinajstić information content (AvgIpc) is 2.65. The minimum absolute atomic E-state index is 0.0974. The smallest absolute Gasteiger partial charge is 0.406 e. The molecule has 1 saturated heterocycles. The van der Waals surface area contributed by atoms with Crippen LogP contribution < -0.4 is 9.64 Å². The van der Waals surface area contributed by atoms with Crippen LogP contribution in [0.3, 0.4) is 0 Å². The summed E-state index contributed by atoms with van der Waals surface area (Å²) in [5.41, 5.74) is 0.402. The van der Waals surface area contributed by atoms with Crippen molar-refractivity contribution >= 4 is 27.5 Å². The normalized spacial score (nSPS) is 16.2. The molecule has 2 rings (SSSR count). The molecule has 1 aliphatic rings. The van der Waals surface area contributed by atoms with Crippen LogP contribution in [0.25, 0.3) is 0 Å². The molecule has 1 amide bonds. The van der Waals surface area contributed by atoms with Gasteiger partial charge >= 0.3 is 6.36 Å². The number of carbonyl (C=O) groups excluding carboxylic acids is 1. The van der Waals surface area contributed by atoms with E-state index in [1.165, 1.54) is 23.1 Å². The zero-order valence-corrected chi connectivity index (χ0v) is 10.7. The fraction of sp³-hybridized carbons (Fsp3) is 0.364. The van der Waals surface area contributed by atoms with E-state index >= 15 is 0 Å². The van der Waals surface area contributed by atoms with Crippen LogP contribution in [0.5, 0.6) is 5.75 Å². The van der Waals surface area contributed by atoms with Gasteiger partial charge in [0.2, 0.25) is 5.91 Å². The second kappa shape index (κ2) is 4.79. The number of halogens is 4. The summed E-state index contributed by atoms with van der Waals surface area (Å²) in [4.78, 5) is 13.0. The Bertz CT molecular complexity index is 476. The maximum absolute atomic E-state index is 12.1. The van der Waals surface area contributed by atoms with Crippen molar-refractivity contribution in [1.82, 2.24) is 0 Å². The Balaban J connectivity index is 2.29. The van der Waals surface area contributed by atoms with Crippen LogP contribution in [-0.2, 0) is 4.79 Å². The van der Waals surface area contributed by atoms with Crippen molar-refractivity contribution in [3.05, 3.63) is 22.7 Å². The predicted molar refractivity (Wildman–Crippen MR) is 62.4 cm³/mol. The Labute approximate surface area is 110 Å². The number of benzene rings is 1. The molecule has 0 saturated carbocycles. The second-order valence-electron chi connectivity index (χ2n) is 3.81. The minimum atomic E-state index is -4.74. The number of nitrogens with zero attached hydrogens (tertiary/aromatic N) is 1. The highest BCUT2D eigenvalue weighted by molar-refractivity contribution is 9.10. The molecule has 7 heteroatoms. The summed E-state index contributed by atoms with van der Waals surface area (Å²) >= 11 is 3.22. The molecule has 0 N–H and O–H groups in total.